The van der Waals surface area contributed by atoms with E-state index in [4.69, 9.17) is 5.73 Å². The molecule has 0 fully saturated rings. The standard InChI is InChI=1S/C17H20FN3O2S/c1-17(2,19)11-12-20-15-9-5-6-10-16(15)21(24(20,22)23)14-8-4-3-7-13(14)18/h3-10H,11-12,19H2,1-2H3. The molecule has 0 atom stereocenters. The van der Waals surface area contributed by atoms with Crippen molar-refractivity contribution in [3.05, 3.63) is 54.3 Å². The Balaban J connectivity index is 2.11. The average molecular weight is 349 g/mol. The average Bonchev–Trinajstić information content (AvgIpc) is 2.71. The summed E-state index contributed by atoms with van der Waals surface area (Å²) in [5.74, 6) is -0.586. The molecule has 0 spiro atoms. The molecule has 128 valence electrons. The number of benzene rings is 2. The number of anilines is 3. The number of rotatable bonds is 4. The number of hydrogen-bond acceptors (Lipinski definition) is 3. The Morgan fingerprint density at radius 1 is 1.00 bits per heavy atom. The smallest absolute Gasteiger partial charge is 0.325 e. The second kappa shape index (κ2) is 5.75. The van der Waals surface area contributed by atoms with Crippen LogP contribution in [0.2, 0.25) is 0 Å². The van der Waals surface area contributed by atoms with E-state index < -0.39 is 21.6 Å². The maximum atomic E-state index is 14.2. The van der Waals surface area contributed by atoms with Crippen molar-refractivity contribution in [2.24, 2.45) is 5.73 Å². The molecule has 5 nitrogen and oxygen atoms in total. The first-order valence-corrected chi connectivity index (χ1v) is 9.07. The summed E-state index contributed by atoms with van der Waals surface area (Å²) in [6.45, 7) is 3.92. The van der Waals surface area contributed by atoms with Crippen LogP contribution in [0, 0.1) is 5.82 Å². The van der Waals surface area contributed by atoms with E-state index in [-0.39, 0.29) is 12.2 Å². The summed E-state index contributed by atoms with van der Waals surface area (Å²) >= 11 is 0. The highest BCUT2D eigenvalue weighted by Gasteiger charge is 2.42. The van der Waals surface area contributed by atoms with Crippen LogP contribution in [0.4, 0.5) is 21.5 Å². The molecule has 0 aliphatic carbocycles. The number of fused-ring (bicyclic) bond motifs is 1. The molecule has 0 saturated heterocycles. The number of nitrogens with two attached hydrogens (primary N) is 1. The van der Waals surface area contributed by atoms with E-state index in [0.29, 0.717) is 17.8 Å². The molecule has 3 rings (SSSR count). The van der Waals surface area contributed by atoms with Gasteiger partial charge < -0.3 is 5.73 Å². The quantitative estimate of drug-likeness (QED) is 0.922. The third-order valence-electron chi connectivity index (χ3n) is 3.91. The minimum Gasteiger partial charge on any atom is -0.325 e. The zero-order chi connectivity index (χ0) is 17.5. The Labute approximate surface area is 141 Å². The third-order valence-corrected chi connectivity index (χ3v) is 5.70. The molecule has 2 N–H and O–H groups in total. The van der Waals surface area contributed by atoms with Crippen LogP contribution in [0.5, 0.6) is 0 Å². The Morgan fingerprint density at radius 3 is 2.12 bits per heavy atom. The lowest BCUT2D eigenvalue weighted by atomic mass is 10.0. The summed E-state index contributed by atoms with van der Waals surface area (Å²) in [6, 6.07) is 12.7. The molecule has 1 aliphatic rings. The van der Waals surface area contributed by atoms with E-state index in [1.54, 1.807) is 30.3 Å². The van der Waals surface area contributed by atoms with E-state index in [1.165, 1.54) is 22.5 Å². The Morgan fingerprint density at radius 2 is 1.54 bits per heavy atom. The van der Waals surface area contributed by atoms with Gasteiger partial charge in [-0.15, -0.1) is 0 Å². The largest absolute Gasteiger partial charge is 0.331 e. The van der Waals surface area contributed by atoms with Crippen LogP contribution in [-0.4, -0.2) is 20.5 Å². The molecular formula is C17H20FN3O2S. The second-order valence-electron chi connectivity index (χ2n) is 6.52. The van der Waals surface area contributed by atoms with Gasteiger partial charge in [-0.1, -0.05) is 24.3 Å². The van der Waals surface area contributed by atoms with Gasteiger partial charge in [0.1, 0.15) is 5.82 Å². The molecule has 7 heteroatoms. The highest BCUT2D eigenvalue weighted by Crippen LogP contribution is 2.45. The molecule has 1 aliphatic heterocycles. The van der Waals surface area contributed by atoms with Gasteiger partial charge in [-0.2, -0.15) is 8.42 Å². The lowest BCUT2D eigenvalue weighted by Crippen LogP contribution is -2.41. The zero-order valence-electron chi connectivity index (χ0n) is 13.6. The second-order valence-corrected chi connectivity index (χ2v) is 8.22. The Kier molecular flexibility index (Phi) is 4.01. The number of para-hydroxylation sites is 3. The van der Waals surface area contributed by atoms with E-state index in [2.05, 4.69) is 0 Å². The topological polar surface area (TPSA) is 66.6 Å². The summed E-state index contributed by atoms with van der Waals surface area (Å²) in [7, 11) is -3.91. The summed E-state index contributed by atoms with van der Waals surface area (Å²) < 4.78 is 42.7. The van der Waals surface area contributed by atoms with E-state index in [9.17, 15) is 12.8 Å². The molecule has 1 heterocycles. The van der Waals surface area contributed by atoms with Crippen LogP contribution in [0.3, 0.4) is 0 Å². The zero-order valence-corrected chi connectivity index (χ0v) is 14.4. The minimum absolute atomic E-state index is 0.0134. The van der Waals surface area contributed by atoms with Crippen molar-refractivity contribution in [2.75, 3.05) is 15.2 Å². The summed E-state index contributed by atoms with van der Waals surface area (Å²) in [6.07, 6.45) is 0.478. The minimum atomic E-state index is -3.91. The molecule has 0 amide bonds. The van der Waals surface area contributed by atoms with Crippen molar-refractivity contribution in [1.29, 1.82) is 0 Å². The van der Waals surface area contributed by atoms with Gasteiger partial charge in [-0.3, -0.25) is 4.31 Å². The normalized spacial score (nSPS) is 16.3. The molecule has 0 aromatic heterocycles. The molecule has 2 aromatic rings. The first-order chi connectivity index (χ1) is 11.2. The molecule has 0 saturated carbocycles. The van der Waals surface area contributed by atoms with Gasteiger partial charge in [-0.25, -0.2) is 8.70 Å². The maximum Gasteiger partial charge on any atom is 0.331 e. The van der Waals surface area contributed by atoms with E-state index >= 15 is 0 Å². The first kappa shape index (κ1) is 16.7. The van der Waals surface area contributed by atoms with Gasteiger partial charge in [0, 0.05) is 12.1 Å². The van der Waals surface area contributed by atoms with Crippen LogP contribution in [0.1, 0.15) is 20.3 Å². The van der Waals surface area contributed by atoms with Crippen molar-refractivity contribution in [3.63, 3.8) is 0 Å². The fourth-order valence-electron chi connectivity index (χ4n) is 2.69. The lowest BCUT2D eigenvalue weighted by molar-refractivity contribution is 0.482. The van der Waals surface area contributed by atoms with Gasteiger partial charge in [0.15, 0.2) is 0 Å². The van der Waals surface area contributed by atoms with Crippen molar-refractivity contribution < 1.29 is 12.8 Å². The highest BCUT2D eigenvalue weighted by molar-refractivity contribution is 7.95. The van der Waals surface area contributed by atoms with Crippen molar-refractivity contribution >= 4 is 27.3 Å². The number of nitrogens with zero attached hydrogens (tertiary/aromatic N) is 2. The first-order valence-electron chi connectivity index (χ1n) is 7.67. The number of halogens is 1. The highest BCUT2D eigenvalue weighted by atomic mass is 32.2. The molecule has 0 bridgehead atoms. The molecule has 2 aromatic carbocycles. The van der Waals surface area contributed by atoms with E-state index in [0.717, 1.165) is 4.31 Å². The fraction of sp³-hybridized carbons (Fsp3) is 0.294. The summed E-state index contributed by atoms with van der Waals surface area (Å²) in [5, 5.41) is 0. The summed E-state index contributed by atoms with van der Waals surface area (Å²) in [5.41, 5.74) is 6.48. The Bertz CT molecular complexity index is 862. The van der Waals surface area contributed by atoms with Crippen molar-refractivity contribution in [3.8, 4) is 0 Å². The molecule has 24 heavy (non-hydrogen) atoms. The van der Waals surface area contributed by atoms with E-state index in [1.807, 2.05) is 13.8 Å². The van der Waals surface area contributed by atoms with Gasteiger partial charge in [0.25, 0.3) is 0 Å². The SMILES string of the molecule is CC(C)(N)CCN1c2ccccc2N(c2ccccc2F)S1(=O)=O. The van der Waals surface area contributed by atoms with Crippen molar-refractivity contribution in [2.45, 2.75) is 25.8 Å². The Hall–Kier alpha value is -2.12. The predicted molar refractivity (Wildman–Crippen MR) is 94.1 cm³/mol. The molecular weight excluding hydrogens is 329 g/mol. The van der Waals surface area contributed by atoms with Gasteiger partial charge in [-0.05, 0) is 44.5 Å². The van der Waals surface area contributed by atoms with Crippen LogP contribution in [-0.2, 0) is 10.2 Å². The van der Waals surface area contributed by atoms with Crippen molar-refractivity contribution in [1.82, 2.24) is 0 Å². The third kappa shape index (κ3) is 2.85. The monoisotopic (exact) mass is 349 g/mol. The molecule has 0 unspecified atom stereocenters. The van der Waals surface area contributed by atoms with Gasteiger partial charge in [0.2, 0.25) is 0 Å². The lowest BCUT2D eigenvalue weighted by Gasteiger charge is -2.25. The fourth-order valence-corrected chi connectivity index (χ4v) is 4.41. The predicted octanol–water partition coefficient (Wildman–Crippen LogP) is 3.16. The van der Waals surface area contributed by atoms with Crippen LogP contribution in [0.25, 0.3) is 0 Å². The summed E-state index contributed by atoms with van der Waals surface area (Å²) in [4.78, 5) is 0. The van der Waals surface area contributed by atoms with Gasteiger partial charge in [0.05, 0.1) is 17.1 Å². The maximum absolute atomic E-state index is 14.2. The molecule has 0 radical (unpaired) electrons. The number of hydrogen-bond donors (Lipinski definition) is 1. The van der Waals surface area contributed by atoms with Crippen LogP contribution in [0.15, 0.2) is 48.5 Å². The van der Waals surface area contributed by atoms with Crippen LogP contribution < -0.4 is 14.3 Å². The van der Waals surface area contributed by atoms with Gasteiger partial charge >= 0.3 is 10.2 Å². The van der Waals surface area contributed by atoms with Crippen LogP contribution >= 0.6 is 0 Å².